The number of aryl methyl sites for hydroxylation is 1. The number of nitrogens with zero attached hydrogens (tertiary/aromatic N) is 2. The summed E-state index contributed by atoms with van der Waals surface area (Å²) in [5.74, 6) is -0.129. The lowest BCUT2D eigenvalue weighted by Crippen LogP contribution is -2.19. The Morgan fingerprint density at radius 3 is 2.30 bits per heavy atom. The van der Waals surface area contributed by atoms with Crippen LogP contribution in [0.2, 0.25) is 5.02 Å². The highest BCUT2D eigenvalue weighted by molar-refractivity contribution is 6.30. The average molecular weight is 376 g/mol. The Labute approximate surface area is 162 Å². The first-order valence-electron chi connectivity index (χ1n) is 8.76. The second-order valence-electron chi connectivity index (χ2n) is 6.28. The summed E-state index contributed by atoms with van der Waals surface area (Å²) in [5, 5.41) is 7.05. The number of aromatic nitrogens is 1. The standard InChI is InChI=1S/C22H18ClN3O/c23-17-7-5-6-16(14-17)15-24-25-22(27)12-13-26-20-10-3-1-8-18(20)19-9-2-4-11-21(19)26/h1-11,14-15H,12-13H2,(H,25,27)/b24-15+. The number of carbonyl (C=O) groups is 1. The number of amides is 1. The van der Waals surface area contributed by atoms with Crippen molar-refractivity contribution in [2.24, 2.45) is 5.10 Å². The topological polar surface area (TPSA) is 46.4 Å². The van der Waals surface area contributed by atoms with Gasteiger partial charge in [0.15, 0.2) is 0 Å². The summed E-state index contributed by atoms with van der Waals surface area (Å²) in [7, 11) is 0. The van der Waals surface area contributed by atoms with E-state index in [-0.39, 0.29) is 5.91 Å². The molecule has 0 spiro atoms. The van der Waals surface area contributed by atoms with Gasteiger partial charge in [-0.3, -0.25) is 4.79 Å². The predicted octanol–water partition coefficient (Wildman–Crippen LogP) is 4.99. The van der Waals surface area contributed by atoms with Crippen molar-refractivity contribution < 1.29 is 4.79 Å². The molecule has 0 bridgehead atoms. The molecular weight excluding hydrogens is 358 g/mol. The fourth-order valence-corrected chi connectivity index (χ4v) is 3.48. The van der Waals surface area contributed by atoms with Crippen LogP contribution in [0.5, 0.6) is 0 Å². The third kappa shape index (κ3) is 3.71. The van der Waals surface area contributed by atoms with Crippen LogP contribution in [0.15, 0.2) is 77.9 Å². The Hall–Kier alpha value is -3.11. The first kappa shape index (κ1) is 17.3. The monoisotopic (exact) mass is 375 g/mol. The third-order valence-electron chi connectivity index (χ3n) is 4.49. The molecule has 4 aromatic rings. The number of benzene rings is 3. The van der Waals surface area contributed by atoms with Crippen LogP contribution < -0.4 is 5.43 Å². The molecule has 0 radical (unpaired) electrons. The molecule has 1 aromatic heterocycles. The second kappa shape index (κ2) is 7.64. The second-order valence-corrected chi connectivity index (χ2v) is 6.72. The van der Waals surface area contributed by atoms with E-state index in [1.54, 1.807) is 18.3 Å². The maximum Gasteiger partial charge on any atom is 0.241 e. The van der Waals surface area contributed by atoms with Gasteiger partial charge in [-0.1, -0.05) is 60.1 Å². The van der Waals surface area contributed by atoms with Crippen LogP contribution in [0.25, 0.3) is 21.8 Å². The zero-order valence-corrected chi connectivity index (χ0v) is 15.4. The van der Waals surface area contributed by atoms with Gasteiger partial charge in [-0.05, 0) is 29.8 Å². The van der Waals surface area contributed by atoms with E-state index in [9.17, 15) is 4.79 Å². The van der Waals surface area contributed by atoms with Gasteiger partial charge in [0, 0.05) is 39.8 Å². The molecule has 0 atom stereocenters. The summed E-state index contributed by atoms with van der Waals surface area (Å²) in [4.78, 5) is 12.2. The fraction of sp³-hybridized carbons (Fsp3) is 0.0909. The van der Waals surface area contributed by atoms with Crippen LogP contribution in [-0.4, -0.2) is 16.7 Å². The summed E-state index contributed by atoms with van der Waals surface area (Å²) >= 11 is 5.94. The van der Waals surface area contributed by atoms with E-state index in [2.05, 4.69) is 39.4 Å². The summed E-state index contributed by atoms with van der Waals surface area (Å²) in [6.07, 6.45) is 1.93. The Morgan fingerprint density at radius 2 is 1.63 bits per heavy atom. The van der Waals surface area contributed by atoms with Crippen molar-refractivity contribution in [3.63, 3.8) is 0 Å². The number of hydrogen-bond donors (Lipinski definition) is 1. The maximum absolute atomic E-state index is 12.2. The zero-order valence-electron chi connectivity index (χ0n) is 14.6. The number of halogens is 1. The highest BCUT2D eigenvalue weighted by Crippen LogP contribution is 2.28. The molecule has 134 valence electrons. The van der Waals surface area contributed by atoms with Gasteiger partial charge in [0.05, 0.1) is 6.21 Å². The summed E-state index contributed by atoms with van der Waals surface area (Å²) in [5.41, 5.74) is 5.69. The molecule has 5 heteroatoms. The lowest BCUT2D eigenvalue weighted by molar-refractivity contribution is -0.121. The molecule has 0 unspecified atom stereocenters. The van der Waals surface area contributed by atoms with E-state index in [4.69, 9.17) is 11.6 Å². The highest BCUT2D eigenvalue weighted by atomic mass is 35.5. The molecule has 0 saturated heterocycles. The van der Waals surface area contributed by atoms with Crippen LogP contribution in [0, 0.1) is 0 Å². The maximum atomic E-state index is 12.2. The molecule has 0 saturated carbocycles. The van der Waals surface area contributed by atoms with Crippen LogP contribution in [0.3, 0.4) is 0 Å². The van der Waals surface area contributed by atoms with E-state index in [0.29, 0.717) is 18.0 Å². The minimum atomic E-state index is -0.129. The van der Waals surface area contributed by atoms with Crippen molar-refractivity contribution in [3.05, 3.63) is 83.4 Å². The van der Waals surface area contributed by atoms with Crippen LogP contribution in [0.4, 0.5) is 0 Å². The Bertz CT molecular complexity index is 1090. The minimum Gasteiger partial charge on any atom is -0.340 e. The molecule has 27 heavy (non-hydrogen) atoms. The SMILES string of the molecule is O=C(CCn1c2ccccc2c2ccccc21)N/N=C/c1cccc(Cl)c1. The first-order chi connectivity index (χ1) is 13.2. The van der Waals surface area contributed by atoms with E-state index in [1.165, 1.54) is 10.8 Å². The largest absolute Gasteiger partial charge is 0.340 e. The normalized spacial score (nSPS) is 11.4. The van der Waals surface area contributed by atoms with E-state index >= 15 is 0 Å². The van der Waals surface area contributed by atoms with Gasteiger partial charge in [-0.25, -0.2) is 5.43 Å². The molecule has 3 aromatic carbocycles. The van der Waals surface area contributed by atoms with Gasteiger partial charge in [-0.2, -0.15) is 5.10 Å². The van der Waals surface area contributed by atoms with Gasteiger partial charge in [0.25, 0.3) is 0 Å². The van der Waals surface area contributed by atoms with E-state index < -0.39 is 0 Å². The minimum absolute atomic E-state index is 0.129. The molecule has 1 heterocycles. The molecule has 0 aliphatic heterocycles. The number of nitrogens with one attached hydrogen (secondary N) is 1. The smallest absolute Gasteiger partial charge is 0.241 e. The molecule has 0 fully saturated rings. The molecular formula is C22H18ClN3O. The first-order valence-corrected chi connectivity index (χ1v) is 9.13. The quantitative estimate of drug-likeness (QED) is 0.387. The van der Waals surface area contributed by atoms with Crippen LogP contribution in [0.1, 0.15) is 12.0 Å². The van der Waals surface area contributed by atoms with E-state index in [0.717, 1.165) is 16.6 Å². The Morgan fingerprint density at radius 1 is 0.963 bits per heavy atom. The van der Waals surface area contributed by atoms with Crippen LogP contribution >= 0.6 is 11.6 Å². The number of carbonyl (C=O) groups excluding carboxylic acids is 1. The van der Waals surface area contributed by atoms with Crippen molar-refractivity contribution in [1.29, 1.82) is 0 Å². The van der Waals surface area contributed by atoms with Gasteiger partial charge in [-0.15, -0.1) is 0 Å². The van der Waals surface area contributed by atoms with Crippen molar-refractivity contribution in [3.8, 4) is 0 Å². The molecule has 1 N–H and O–H groups in total. The van der Waals surface area contributed by atoms with Crippen molar-refractivity contribution in [1.82, 2.24) is 9.99 Å². The highest BCUT2D eigenvalue weighted by Gasteiger charge is 2.10. The van der Waals surface area contributed by atoms with Gasteiger partial charge in [0.1, 0.15) is 0 Å². The number of fused-ring (bicyclic) bond motifs is 3. The molecule has 4 rings (SSSR count). The number of hydrazone groups is 1. The zero-order chi connectivity index (χ0) is 18.6. The molecule has 1 amide bonds. The lowest BCUT2D eigenvalue weighted by atomic mass is 10.2. The van der Waals surface area contributed by atoms with Gasteiger partial charge < -0.3 is 4.57 Å². The predicted molar refractivity (Wildman–Crippen MR) is 111 cm³/mol. The Balaban J connectivity index is 1.47. The number of para-hydroxylation sites is 2. The van der Waals surface area contributed by atoms with Crippen molar-refractivity contribution >= 4 is 45.5 Å². The third-order valence-corrected chi connectivity index (χ3v) is 4.73. The fourth-order valence-electron chi connectivity index (χ4n) is 3.28. The summed E-state index contributed by atoms with van der Waals surface area (Å²) < 4.78 is 2.19. The lowest BCUT2D eigenvalue weighted by Gasteiger charge is -2.06. The molecule has 0 aliphatic carbocycles. The average Bonchev–Trinajstić information content (AvgIpc) is 3.00. The Kier molecular flexibility index (Phi) is 4.90. The van der Waals surface area contributed by atoms with Gasteiger partial charge >= 0.3 is 0 Å². The molecule has 0 aliphatic rings. The van der Waals surface area contributed by atoms with Gasteiger partial charge in [0.2, 0.25) is 5.91 Å². The van der Waals surface area contributed by atoms with Crippen LogP contribution in [-0.2, 0) is 11.3 Å². The molecule has 4 nitrogen and oxygen atoms in total. The van der Waals surface area contributed by atoms with E-state index in [1.807, 2.05) is 36.4 Å². The van der Waals surface area contributed by atoms with Crippen molar-refractivity contribution in [2.75, 3.05) is 0 Å². The number of rotatable bonds is 5. The number of hydrogen-bond acceptors (Lipinski definition) is 2. The summed E-state index contributed by atoms with van der Waals surface area (Å²) in [6.45, 7) is 0.590. The van der Waals surface area contributed by atoms with Crippen molar-refractivity contribution in [2.45, 2.75) is 13.0 Å². The summed E-state index contributed by atoms with van der Waals surface area (Å²) in [6, 6.07) is 23.8.